The average Bonchev–Trinajstić information content (AvgIpc) is 3.22. The van der Waals surface area contributed by atoms with Crippen LogP contribution in [0.3, 0.4) is 0 Å². The second-order valence-corrected chi connectivity index (χ2v) is 7.39. The van der Waals surface area contributed by atoms with Crippen molar-refractivity contribution in [3.05, 3.63) is 76.7 Å². The molecule has 0 atom stereocenters. The minimum Gasteiger partial charge on any atom is -0.333 e. The molecule has 2 N–H and O–H groups in total. The summed E-state index contributed by atoms with van der Waals surface area (Å²) in [6, 6.07) is 8.42. The Labute approximate surface area is 167 Å². The summed E-state index contributed by atoms with van der Waals surface area (Å²) in [5, 5.41) is 5.00. The SMILES string of the molecule is Cc1c(CNC(=O)Nc2ccc(F)cc2F)sc2nc(-c3ccc(F)cc3)cn12. The normalized spacial score (nSPS) is 11.0. The number of anilines is 1. The Bertz CT molecular complexity index is 1200. The fourth-order valence-electron chi connectivity index (χ4n) is 2.84. The van der Waals surface area contributed by atoms with Gasteiger partial charge in [-0.15, -0.1) is 0 Å². The van der Waals surface area contributed by atoms with Crippen LogP contribution in [0.1, 0.15) is 10.6 Å². The van der Waals surface area contributed by atoms with Gasteiger partial charge in [-0.3, -0.25) is 4.40 Å². The van der Waals surface area contributed by atoms with E-state index in [4.69, 9.17) is 0 Å². The van der Waals surface area contributed by atoms with Crippen LogP contribution in [0.2, 0.25) is 0 Å². The molecule has 2 amide bonds. The van der Waals surface area contributed by atoms with Crippen molar-refractivity contribution in [1.82, 2.24) is 14.7 Å². The molecule has 4 aromatic rings. The summed E-state index contributed by atoms with van der Waals surface area (Å²) in [5.74, 6) is -1.87. The molecule has 148 valence electrons. The van der Waals surface area contributed by atoms with Crippen molar-refractivity contribution in [2.45, 2.75) is 13.5 Å². The number of benzene rings is 2. The second-order valence-electron chi connectivity index (χ2n) is 6.33. The van der Waals surface area contributed by atoms with Gasteiger partial charge in [-0.2, -0.15) is 0 Å². The van der Waals surface area contributed by atoms with E-state index in [0.29, 0.717) is 6.07 Å². The molecule has 2 aromatic heterocycles. The Morgan fingerprint density at radius 2 is 1.83 bits per heavy atom. The van der Waals surface area contributed by atoms with Crippen LogP contribution >= 0.6 is 11.3 Å². The number of halogens is 3. The number of thiazole rings is 1. The van der Waals surface area contributed by atoms with Crippen molar-refractivity contribution in [2.24, 2.45) is 0 Å². The van der Waals surface area contributed by atoms with Gasteiger partial charge in [0.15, 0.2) is 4.96 Å². The van der Waals surface area contributed by atoms with Gasteiger partial charge in [0.05, 0.1) is 17.9 Å². The summed E-state index contributed by atoms with van der Waals surface area (Å²) in [5.41, 5.74) is 2.33. The first-order valence-corrected chi connectivity index (χ1v) is 9.45. The Morgan fingerprint density at radius 1 is 1.10 bits per heavy atom. The van der Waals surface area contributed by atoms with Gasteiger partial charge in [0.2, 0.25) is 0 Å². The summed E-state index contributed by atoms with van der Waals surface area (Å²) in [6.07, 6.45) is 1.85. The van der Waals surface area contributed by atoms with Gasteiger partial charge in [0.25, 0.3) is 0 Å². The van der Waals surface area contributed by atoms with Crippen LogP contribution < -0.4 is 10.6 Å². The summed E-state index contributed by atoms with van der Waals surface area (Å²) >= 11 is 1.41. The summed E-state index contributed by atoms with van der Waals surface area (Å²) < 4.78 is 41.5. The van der Waals surface area contributed by atoms with Crippen LogP contribution in [0.4, 0.5) is 23.7 Å². The van der Waals surface area contributed by atoms with Crippen molar-refractivity contribution in [3.8, 4) is 11.3 Å². The quantitative estimate of drug-likeness (QED) is 0.486. The minimum atomic E-state index is -0.848. The maximum absolute atomic E-state index is 13.6. The lowest BCUT2D eigenvalue weighted by Crippen LogP contribution is -2.28. The van der Waals surface area contributed by atoms with Crippen molar-refractivity contribution in [2.75, 3.05) is 5.32 Å². The third kappa shape index (κ3) is 3.95. The van der Waals surface area contributed by atoms with E-state index >= 15 is 0 Å². The zero-order chi connectivity index (χ0) is 20.5. The Hall–Kier alpha value is -3.33. The fraction of sp³-hybridized carbons (Fsp3) is 0.100. The molecule has 0 aliphatic heterocycles. The maximum Gasteiger partial charge on any atom is 0.319 e. The van der Waals surface area contributed by atoms with E-state index in [0.717, 1.165) is 38.9 Å². The highest BCUT2D eigenvalue weighted by molar-refractivity contribution is 7.17. The van der Waals surface area contributed by atoms with Crippen LogP contribution in [0.5, 0.6) is 0 Å². The Kier molecular flexibility index (Phi) is 4.98. The van der Waals surface area contributed by atoms with E-state index in [1.165, 1.54) is 23.5 Å². The number of carbonyl (C=O) groups excluding carboxylic acids is 1. The molecule has 0 aliphatic carbocycles. The van der Waals surface area contributed by atoms with E-state index in [-0.39, 0.29) is 18.0 Å². The van der Waals surface area contributed by atoms with Crippen LogP contribution in [0, 0.1) is 24.4 Å². The zero-order valence-corrected chi connectivity index (χ0v) is 16.0. The lowest BCUT2D eigenvalue weighted by Gasteiger charge is -2.08. The smallest absolute Gasteiger partial charge is 0.319 e. The molecule has 0 saturated carbocycles. The number of aryl methyl sites for hydroxylation is 1. The van der Waals surface area contributed by atoms with Gasteiger partial charge >= 0.3 is 6.03 Å². The van der Waals surface area contributed by atoms with Gasteiger partial charge in [0.1, 0.15) is 17.5 Å². The van der Waals surface area contributed by atoms with Gasteiger partial charge in [0, 0.05) is 28.4 Å². The molecule has 0 bridgehead atoms. The molecule has 5 nitrogen and oxygen atoms in total. The monoisotopic (exact) mass is 416 g/mol. The number of imidazole rings is 1. The first kappa shape index (κ1) is 19.0. The van der Waals surface area contributed by atoms with Crippen LogP contribution in [-0.2, 0) is 6.54 Å². The predicted octanol–water partition coefficient (Wildman–Crippen LogP) is 5.11. The Morgan fingerprint density at radius 3 is 2.52 bits per heavy atom. The zero-order valence-electron chi connectivity index (χ0n) is 15.2. The van der Waals surface area contributed by atoms with Gasteiger partial charge in [-0.25, -0.2) is 22.9 Å². The van der Waals surface area contributed by atoms with Gasteiger partial charge in [-0.05, 0) is 43.3 Å². The highest BCUT2D eigenvalue weighted by atomic mass is 32.1. The number of urea groups is 1. The van der Waals surface area contributed by atoms with Crippen molar-refractivity contribution in [3.63, 3.8) is 0 Å². The molecule has 9 heteroatoms. The number of amides is 2. The van der Waals surface area contributed by atoms with Crippen LogP contribution in [0.25, 0.3) is 16.2 Å². The first-order chi connectivity index (χ1) is 13.9. The molecular weight excluding hydrogens is 401 g/mol. The molecule has 0 unspecified atom stereocenters. The Balaban J connectivity index is 1.45. The number of hydrogen-bond donors (Lipinski definition) is 2. The third-order valence-corrected chi connectivity index (χ3v) is 5.54. The number of hydrogen-bond acceptors (Lipinski definition) is 3. The number of fused-ring (bicyclic) bond motifs is 1. The van der Waals surface area contributed by atoms with E-state index in [1.54, 1.807) is 12.1 Å². The van der Waals surface area contributed by atoms with E-state index in [1.807, 2.05) is 17.5 Å². The van der Waals surface area contributed by atoms with Gasteiger partial charge in [-0.1, -0.05) is 11.3 Å². The van der Waals surface area contributed by atoms with E-state index < -0.39 is 17.7 Å². The van der Waals surface area contributed by atoms with Crippen molar-refractivity contribution >= 4 is 28.0 Å². The lowest BCUT2D eigenvalue weighted by atomic mass is 10.2. The fourth-order valence-corrected chi connectivity index (χ4v) is 3.88. The molecule has 0 spiro atoms. The molecule has 2 aromatic carbocycles. The number of nitrogens with one attached hydrogen (secondary N) is 2. The molecule has 4 rings (SSSR count). The summed E-state index contributed by atoms with van der Waals surface area (Å²) in [4.78, 5) is 18.2. The highest BCUT2D eigenvalue weighted by Gasteiger charge is 2.14. The largest absolute Gasteiger partial charge is 0.333 e. The summed E-state index contributed by atoms with van der Waals surface area (Å²) in [6.45, 7) is 2.12. The molecular formula is C20H15F3N4OS. The van der Waals surface area contributed by atoms with E-state index in [2.05, 4.69) is 15.6 Å². The number of rotatable bonds is 4. The molecule has 0 radical (unpaired) electrons. The molecule has 2 heterocycles. The number of nitrogens with zero attached hydrogens (tertiary/aromatic N) is 2. The molecule has 0 saturated heterocycles. The van der Waals surface area contributed by atoms with Gasteiger partial charge < -0.3 is 10.6 Å². The minimum absolute atomic E-state index is 0.106. The van der Waals surface area contributed by atoms with Crippen LogP contribution in [0.15, 0.2) is 48.7 Å². The number of aromatic nitrogens is 2. The summed E-state index contributed by atoms with van der Waals surface area (Å²) in [7, 11) is 0. The van der Waals surface area contributed by atoms with Crippen LogP contribution in [-0.4, -0.2) is 15.4 Å². The predicted molar refractivity (Wildman–Crippen MR) is 105 cm³/mol. The lowest BCUT2D eigenvalue weighted by molar-refractivity contribution is 0.251. The second kappa shape index (κ2) is 7.59. The topological polar surface area (TPSA) is 58.4 Å². The first-order valence-electron chi connectivity index (χ1n) is 8.64. The molecule has 0 fully saturated rings. The van der Waals surface area contributed by atoms with E-state index in [9.17, 15) is 18.0 Å². The number of carbonyl (C=O) groups is 1. The van der Waals surface area contributed by atoms with Crippen molar-refractivity contribution < 1.29 is 18.0 Å². The molecule has 29 heavy (non-hydrogen) atoms. The average molecular weight is 416 g/mol. The maximum atomic E-state index is 13.6. The third-order valence-electron chi connectivity index (χ3n) is 4.38. The standard InChI is InChI=1S/C20H15F3N4OS/c1-11-18(9-24-19(28)25-16-7-6-14(22)8-15(16)23)29-20-26-17(10-27(11)20)12-2-4-13(21)5-3-12/h2-8,10H,9H2,1H3,(H2,24,25,28). The highest BCUT2D eigenvalue weighted by Crippen LogP contribution is 2.27. The van der Waals surface area contributed by atoms with Crippen molar-refractivity contribution in [1.29, 1.82) is 0 Å². The molecule has 0 aliphatic rings.